The molecule has 3 heterocycles. The minimum atomic E-state index is -1.15. The van der Waals surface area contributed by atoms with E-state index >= 15 is 0 Å². The Balaban J connectivity index is 1.77. The van der Waals surface area contributed by atoms with Crippen molar-refractivity contribution in [3.63, 3.8) is 0 Å². The molecule has 3 saturated heterocycles. The Kier molecular flexibility index (Phi) is 7.38. The highest BCUT2D eigenvalue weighted by Gasteiger charge is 2.75. The summed E-state index contributed by atoms with van der Waals surface area (Å²) in [4.78, 5) is 44.4. The van der Waals surface area contributed by atoms with Gasteiger partial charge in [-0.25, -0.2) is 0 Å². The molecule has 8 heteroatoms. The summed E-state index contributed by atoms with van der Waals surface area (Å²) in [5.74, 6) is -2.75. The lowest BCUT2D eigenvalue weighted by Gasteiger charge is -2.38. The van der Waals surface area contributed by atoms with Gasteiger partial charge < -0.3 is 24.4 Å². The summed E-state index contributed by atoms with van der Waals surface area (Å²) >= 11 is 0. The molecular weight excluding hydrogens is 460 g/mol. The van der Waals surface area contributed by atoms with Crippen LogP contribution < -0.4 is 4.90 Å². The molecule has 1 aromatic rings. The summed E-state index contributed by atoms with van der Waals surface area (Å²) in [7, 11) is 0. The third-order valence-corrected chi connectivity index (χ3v) is 7.78. The van der Waals surface area contributed by atoms with Crippen LogP contribution >= 0.6 is 0 Å². The summed E-state index contributed by atoms with van der Waals surface area (Å²) in [6.07, 6.45) is 4.37. The average molecular weight is 497 g/mol. The van der Waals surface area contributed by atoms with Gasteiger partial charge in [0.2, 0.25) is 5.91 Å². The Morgan fingerprint density at radius 3 is 2.75 bits per heavy atom. The lowest BCUT2D eigenvalue weighted by atomic mass is 9.70. The number of aliphatic hydroxyl groups is 1. The van der Waals surface area contributed by atoms with Crippen LogP contribution in [0.25, 0.3) is 0 Å². The second-order valence-electron chi connectivity index (χ2n) is 10.1. The van der Waals surface area contributed by atoms with Crippen LogP contribution in [0, 0.1) is 25.7 Å². The second-order valence-corrected chi connectivity index (χ2v) is 10.1. The van der Waals surface area contributed by atoms with E-state index in [1.54, 1.807) is 24.0 Å². The van der Waals surface area contributed by atoms with Crippen LogP contribution in [0.15, 0.2) is 43.5 Å². The van der Waals surface area contributed by atoms with Crippen LogP contribution in [0.4, 0.5) is 5.69 Å². The largest absolute Gasteiger partial charge is 0.465 e. The molecule has 0 saturated carbocycles. The molecule has 2 bridgehead atoms. The Morgan fingerprint density at radius 1 is 1.33 bits per heavy atom. The molecular formula is C28H36N2O6. The van der Waals surface area contributed by atoms with Gasteiger partial charge in [-0.1, -0.05) is 24.3 Å². The van der Waals surface area contributed by atoms with Gasteiger partial charge in [-0.15, -0.1) is 13.2 Å². The van der Waals surface area contributed by atoms with E-state index in [-0.39, 0.29) is 31.6 Å². The highest BCUT2D eigenvalue weighted by Crippen LogP contribution is 2.59. The van der Waals surface area contributed by atoms with Crippen molar-refractivity contribution in [3.8, 4) is 0 Å². The Bertz CT molecular complexity index is 1070. The molecule has 194 valence electrons. The molecule has 3 aliphatic rings. The molecule has 8 nitrogen and oxygen atoms in total. The molecule has 1 aromatic carbocycles. The normalized spacial score (nSPS) is 29.1. The molecule has 1 spiro atoms. The van der Waals surface area contributed by atoms with E-state index in [9.17, 15) is 19.5 Å². The molecule has 36 heavy (non-hydrogen) atoms. The quantitative estimate of drug-likeness (QED) is 0.304. The Morgan fingerprint density at radius 2 is 2.08 bits per heavy atom. The highest BCUT2D eigenvalue weighted by molar-refractivity contribution is 6.05. The number of fused-ring (bicyclic) bond motifs is 1. The van der Waals surface area contributed by atoms with E-state index < -0.39 is 41.6 Å². The van der Waals surface area contributed by atoms with Gasteiger partial charge in [0.15, 0.2) is 0 Å². The van der Waals surface area contributed by atoms with Gasteiger partial charge >= 0.3 is 5.97 Å². The number of amides is 2. The van der Waals surface area contributed by atoms with Crippen LogP contribution in [0.3, 0.4) is 0 Å². The fraction of sp³-hybridized carbons (Fsp3) is 0.536. The summed E-state index contributed by atoms with van der Waals surface area (Å²) < 4.78 is 11.9. The molecule has 2 unspecified atom stereocenters. The van der Waals surface area contributed by atoms with Crippen molar-refractivity contribution < 1.29 is 29.0 Å². The number of benzene rings is 1. The average Bonchev–Trinajstić information content (AvgIpc) is 3.50. The van der Waals surface area contributed by atoms with Crippen molar-refractivity contribution in [3.05, 3.63) is 54.6 Å². The van der Waals surface area contributed by atoms with Gasteiger partial charge in [-0.2, -0.15) is 0 Å². The number of esters is 1. The van der Waals surface area contributed by atoms with Gasteiger partial charge in [-0.05, 0) is 57.2 Å². The zero-order valence-corrected chi connectivity index (χ0v) is 21.3. The minimum Gasteiger partial charge on any atom is -0.465 e. The summed E-state index contributed by atoms with van der Waals surface area (Å²) in [6, 6.07) is 4.27. The van der Waals surface area contributed by atoms with Crippen molar-refractivity contribution in [2.45, 2.75) is 63.8 Å². The van der Waals surface area contributed by atoms with E-state index in [1.807, 2.05) is 32.0 Å². The number of aryl methyl sites for hydroxylation is 2. The summed E-state index contributed by atoms with van der Waals surface area (Å²) in [5, 5.41) is 10.0. The second kappa shape index (κ2) is 10.2. The van der Waals surface area contributed by atoms with E-state index in [4.69, 9.17) is 9.47 Å². The maximum Gasteiger partial charge on any atom is 0.312 e. The Hall–Kier alpha value is -2.97. The first-order chi connectivity index (χ1) is 17.2. The lowest BCUT2D eigenvalue weighted by Crippen LogP contribution is -2.58. The van der Waals surface area contributed by atoms with Crippen molar-refractivity contribution in [2.24, 2.45) is 11.8 Å². The Labute approximate surface area is 212 Å². The molecule has 6 atom stereocenters. The summed E-state index contributed by atoms with van der Waals surface area (Å²) in [5.41, 5.74) is 1.49. The van der Waals surface area contributed by atoms with Crippen LogP contribution in [-0.4, -0.2) is 71.3 Å². The summed E-state index contributed by atoms with van der Waals surface area (Å²) in [6.45, 7) is 13.2. The smallest absolute Gasteiger partial charge is 0.312 e. The SMILES string of the molecule is C=CCCOC(=O)[C@@H]1[C@H]2C(=O)N([C@H](C)CO)C(C(=O)N(CC=C)c3cc(C)ccc3C)C23CC[C@H]1O3. The number of ether oxygens (including phenoxy) is 2. The standard InChI is InChI=1S/C28H36N2O6/c1-6-8-14-35-27(34)22-21-11-12-28(36-21)23(22)25(32)30(19(5)16-31)24(28)26(33)29(13-7-2)20-15-17(3)9-10-18(20)4/h6-7,9-10,15,19,21-24,31H,1-2,8,11-14,16H2,3-5H3/t19-,21-,22+,23+,24?,28?/m1/s1. The molecule has 4 rings (SSSR count). The van der Waals surface area contributed by atoms with Gasteiger partial charge in [0.1, 0.15) is 11.6 Å². The topological polar surface area (TPSA) is 96.4 Å². The maximum atomic E-state index is 14.4. The first kappa shape index (κ1) is 26.1. The minimum absolute atomic E-state index is 0.179. The van der Waals surface area contributed by atoms with Crippen LogP contribution in [0.2, 0.25) is 0 Å². The monoisotopic (exact) mass is 496 g/mol. The fourth-order valence-corrected chi connectivity index (χ4v) is 6.13. The van der Waals surface area contributed by atoms with Crippen molar-refractivity contribution >= 4 is 23.5 Å². The number of carbonyl (C=O) groups excluding carboxylic acids is 3. The first-order valence-electron chi connectivity index (χ1n) is 12.6. The first-order valence-corrected chi connectivity index (χ1v) is 12.6. The zero-order chi connectivity index (χ0) is 26.2. The van der Waals surface area contributed by atoms with E-state index in [1.165, 1.54) is 4.90 Å². The van der Waals surface area contributed by atoms with Crippen LogP contribution in [-0.2, 0) is 23.9 Å². The van der Waals surface area contributed by atoms with Gasteiger partial charge in [0.05, 0.1) is 37.2 Å². The molecule has 0 aliphatic carbocycles. The number of rotatable bonds is 10. The van der Waals surface area contributed by atoms with E-state index in [2.05, 4.69) is 13.2 Å². The van der Waals surface area contributed by atoms with Gasteiger partial charge in [0.25, 0.3) is 5.91 Å². The number of likely N-dealkylation sites (tertiary alicyclic amines) is 1. The predicted octanol–water partition coefficient (Wildman–Crippen LogP) is 2.70. The molecule has 3 fully saturated rings. The van der Waals surface area contributed by atoms with Crippen molar-refractivity contribution in [1.29, 1.82) is 0 Å². The predicted molar refractivity (Wildman–Crippen MR) is 135 cm³/mol. The number of hydrogen-bond acceptors (Lipinski definition) is 6. The number of hydrogen-bond donors (Lipinski definition) is 1. The molecule has 2 amide bonds. The van der Waals surface area contributed by atoms with E-state index in [0.29, 0.717) is 19.3 Å². The highest BCUT2D eigenvalue weighted by atomic mass is 16.6. The molecule has 0 radical (unpaired) electrons. The van der Waals surface area contributed by atoms with Crippen LogP contribution in [0.1, 0.15) is 37.3 Å². The number of aliphatic hydroxyl groups excluding tert-OH is 1. The van der Waals surface area contributed by atoms with Gasteiger partial charge in [-0.3, -0.25) is 14.4 Å². The molecule has 3 aliphatic heterocycles. The zero-order valence-electron chi connectivity index (χ0n) is 21.3. The number of nitrogens with zero attached hydrogens (tertiary/aromatic N) is 2. The molecule has 0 aromatic heterocycles. The number of anilines is 1. The van der Waals surface area contributed by atoms with Crippen molar-refractivity contribution in [2.75, 3.05) is 24.7 Å². The van der Waals surface area contributed by atoms with Crippen LogP contribution in [0.5, 0.6) is 0 Å². The molecule has 1 N–H and O–H groups in total. The van der Waals surface area contributed by atoms with Gasteiger partial charge in [0, 0.05) is 12.2 Å². The van der Waals surface area contributed by atoms with Crippen molar-refractivity contribution in [1.82, 2.24) is 4.90 Å². The lowest BCUT2D eigenvalue weighted by molar-refractivity contribution is -0.155. The number of carbonyl (C=O) groups is 3. The third-order valence-electron chi connectivity index (χ3n) is 7.78. The fourth-order valence-electron chi connectivity index (χ4n) is 6.13. The maximum absolute atomic E-state index is 14.4. The third kappa shape index (κ3) is 4.06. The van der Waals surface area contributed by atoms with E-state index in [0.717, 1.165) is 16.8 Å².